The van der Waals surface area contributed by atoms with Gasteiger partial charge < -0.3 is 15.4 Å². The van der Waals surface area contributed by atoms with Gasteiger partial charge in [0, 0.05) is 43.9 Å². The number of anilines is 1. The van der Waals surface area contributed by atoms with E-state index in [0.29, 0.717) is 17.7 Å². The minimum absolute atomic E-state index is 0.588. The van der Waals surface area contributed by atoms with E-state index in [1.807, 2.05) is 12.1 Å². The predicted octanol–water partition coefficient (Wildman–Crippen LogP) is 3.71. The quantitative estimate of drug-likeness (QED) is 0.841. The fourth-order valence-electron chi connectivity index (χ4n) is 5.45. The lowest BCUT2D eigenvalue weighted by molar-refractivity contribution is 0.133. The van der Waals surface area contributed by atoms with Crippen LogP contribution in [0.25, 0.3) is 11.3 Å². The van der Waals surface area contributed by atoms with Crippen molar-refractivity contribution in [1.29, 1.82) is 0 Å². The smallest absolute Gasteiger partial charge is 0.124 e. The maximum Gasteiger partial charge on any atom is 0.124 e. The average molecular weight is 393 g/mol. The minimum atomic E-state index is 0.588. The molecular formula is C24H32N4O. The predicted molar refractivity (Wildman–Crippen MR) is 117 cm³/mol. The van der Waals surface area contributed by atoms with Gasteiger partial charge in [0.15, 0.2) is 0 Å². The first-order chi connectivity index (χ1) is 14.2. The second-order valence-corrected chi connectivity index (χ2v) is 8.93. The third kappa shape index (κ3) is 3.74. The molecule has 5 nitrogen and oxygen atoms in total. The number of fused-ring (bicyclic) bond motifs is 2. The lowest BCUT2D eigenvalue weighted by Gasteiger charge is -2.40. The first-order valence-electron chi connectivity index (χ1n) is 11.1. The van der Waals surface area contributed by atoms with E-state index in [-0.39, 0.29) is 0 Å². The molecule has 2 N–H and O–H groups in total. The molecule has 1 aromatic heterocycles. The Bertz CT molecular complexity index is 867. The highest BCUT2D eigenvalue weighted by Crippen LogP contribution is 2.55. The molecule has 4 aliphatic rings. The molecule has 1 aliphatic heterocycles. The van der Waals surface area contributed by atoms with E-state index in [4.69, 9.17) is 10.5 Å². The monoisotopic (exact) mass is 392 g/mol. The Hall–Kier alpha value is -2.11. The third-order valence-electron chi connectivity index (χ3n) is 7.10. The molecule has 1 saturated heterocycles. The van der Waals surface area contributed by atoms with Gasteiger partial charge in [-0.25, -0.2) is 4.98 Å². The van der Waals surface area contributed by atoms with Crippen molar-refractivity contribution >= 4 is 5.82 Å². The van der Waals surface area contributed by atoms with Crippen LogP contribution in [-0.4, -0.2) is 61.2 Å². The Labute approximate surface area is 173 Å². The number of piperazine rings is 1. The number of hydrogen-bond acceptors (Lipinski definition) is 5. The summed E-state index contributed by atoms with van der Waals surface area (Å²) in [6, 6.07) is 10.3. The van der Waals surface area contributed by atoms with Gasteiger partial charge in [0.05, 0.1) is 5.69 Å². The molecule has 29 heavy (non-hydrogen) atoms. The highest BCUT2D eigenvalue weighted by molar-refractivity contribution is 5.71. The number of pyridine rings is 1. The molecule has 3 aliphatic carbocycles. The fourth-order valence-corrected chi connectivity index (χ4v) is 5.45. The fraction of sp³-hybridized carbons (Fsp3) is 0.542. The van der Waals surface area contributed by atoms with Crippen LogP contribution < -0.4 is 10.5 Å². The summed E-state index contributed by atoms with van der Waals surface area (Å²) >= 11 is 0. The normalized spacial score (nSPS) is 24.4. The second-order valence-electron chi connectivity index (χ2n) is 8.93. The number of likely N-dealkylation sites (N-methyl/N-ethyl adjacent to an activating group) is 1. The van der Waals surface area contributed by atoms with Crippen molar-refractivity contribution in [3.05, 3.63) is 41.5 Å². The zero-order chi connectivity index (χ0) is 19.8. The minimum Gasteiger partial charge on any atom is -0.492 e. The highest BCUT2D eigenvalue weighted by Gasteiger charge is 2.37. The van der Waals surface area contributed by atoms with Crippen LogP contribution >= 0.6 is 0 Å². The van der Waals surface area contributed by atoms with Crippen LogP contribution in [0, 0.1) is 0 Å². The maximum absolute atomic E-state index is 6.40. The number of aromatic nitrogens is 1. The largest absolute Gasteiger partial charge is 0.492 e. The van der Waals surface area contributed by atoms with Crippen LogP contribution in [0.5, 0.6) is 5.75 Å². The van der Waals surface area contributed by atoms with Crippen LogP contribution in [0.4, 0.5) is 5.82 Å². The Morgan fingerprint density at radius 1 is 0.966 bits per heavy atom. The molecule has 2 bridgehead atoms. The molecule has 2 fully saturated rings. The summed E-state index contributed by atoms with van der Waals surface area (Å²) in [6.07, 6.45) is 5.16. The van der Waals surface area contributed by atoms with E-state index in [0.717, 1.165) is 50.8 Å². The van der Waals surface area contributed by atoms with Gasteiger partial charge in [0.25, 0.3) is 0 Å². The van der Waals surface area contributed by atoms with Crippen LogP contribution in [-0.2, 0) is 0 Å². The van der Waals surface area contributed by atoms with Crippen molar-refractivity contribution in [1.82, 2.24) is 14.8 Å². The maximum atomic E-state index is 6.40. The second kappa shape index (κ2) is 7.96. The van der Waals surface area contributed by atoms with Gasteiger partial charge in [0.2, 0.25) is 0 Å². The number of ether oxygens (including phenoxy) is 1. The number of nitrogen functional groups attached to an aromatic ring is 1. The van der Waals surface area contributed by atoms with E-state index in [9.17, 15) is 0 Å². The van der Waals surface area contributed by atoms with Crippen molar-refractivity contribution in [3.63, 3.8) is 0 Å². The molecule has 0 atom stereocenters. The zero-order valence-corrected chi connectivity index (χ0v) is 17.4. The van der Waals surface area contributed by atoms with Gasteiger partial charge >= 0.3 is 0 Å². The van der Waals surface area contributed by atoms with Crippen LogP contribution in [0.15, 0.2) is 30.3 Å². The van der Waals surface area contributed by atoms with Crippen molar-refractivity contribution < 1.29 is 4.74 Å². The lowest BCUT2D eigenvalue weighted by atomic mass is 9.65. The van der Waals surface area contributed by atoms with E-state index >= 15 is 0 Å². The first-order valence-corrected chi connectivity index (χ1v) is 11.1. The van der Waals surface area contributed by atoms with Crippen molar-refractivity contribution in [2.75, 3.05) is 52.1 Å². The molecule has 2 heterocycles. The van der Waals surface area contributed by atoms with E-state index in [2.05, 4.69) is 40.0 Å². The van der Waals surface area contributed by atoms with Crippen LogP contribution in [0.3, 0.4) is 0 Å². The number of benzene rings is 1. The van der Waals surface area contributed by atoms with E-state index in [1.54, 1.807) is 0 Å². The van der Waals surface area contributed by atoms with E-state index < -0.39 is 0 Å². The Morgan fingerprint density at radius 3 is 2.41 bits per heavy atom. The molecule has 154 valence electrons. The van der Waals surface area contributed by atoms with Crippen LogP contribution in [0.2, 0.25) is 0 Å². The topological polar surface area (TPSA) is 54.6 Å². The Balaban J connectivity index is 1.40. The molecule has 0 unspecified atom stereocenters. The van der Waals surface area contributed by atoms with Gasteiger partial charge in [-0.3, -0.25) is 4.90 Å². The van der Waals surface area contributed by atoms with Gasteiger partial charge in [-0.15, -0.1) is 0 Å². The van der Waals surface area contributed by atoms with Gasteiger partial charge in [-0.05, 0) is 74.4 Å². The average Bonchev–Trinajstić information content (AvgIpc) is 2.76. The number of nitrogens with two attached hydrogens (primary N) is 1. The standard InChI is InChI=1S/C24H32N4O/c1-27-11-13-28(14-12-27)15-16-29-21-10-9-19(20-3-2-4-22(25)26-20)23-17-5-7-18(8-6-17)24(21)23/h2-4,9-10,17-18H,5-8,11-16H2,1H3,(H2,25,26). The first kappa shape index (κ1) is 18.9. The SMILES string of the molecule is CN1CCN(CCOc2ccc(-c3cccc(N)n3)c3c2C2CCC3CC2)CC1. The summed E-state index contributed by atoms with van der Waals surface area (Å²) in [4.78, 5) is 9.53. The van der Waals surface area contributed by atoms with E-state index in [1.165, 1.54) is 42.4 Å². The summed E-state index contributed by atoms with van der Waals surface area (Å²) in [5.41, 5.74) is 11.2. The summed E-state index contributed by atoms with van der Waals surface area (Å²) in [5.74, 6) is 2.96. The number of hydrogen-bond donors (Lipinski definition) is 1. The molecule has 1 saturated carbocycles. The summed E-state index contributed by atoms with van der Waals surface area (Å²) in [5, 5.41) is 0. The molecule has 0 spiro atoms. The molecular weight excluding hydrogens is 360 g/mol. The molecule has 0 amide bonds. The zero-order valence-electron chi connectivity index (χ0n) is 17.4. The third-order valence-corrected chi connectivity index (χ3v) is 7.10. The van der Waals surface area contributed by atoms with Gasteiger partial charge in [0.1, 0.15) is 18.2 Å². The van der Waals surface area contributed by atoms with Crippen molar-refractivity contribution in [2.45, 2.75) is 37.5 Å². The Morgan fingerprint density at radius 2 is 1.69 bits per heavy atom. The highest BCUT2D eigenvalue weighted by atomic mass is 16.5. The summed E-state index contributed by atoms with van der Waals surface area (Å²) in [6.45, 7) is 6.37. The molecule has 2 aromatic rings. The van der Waals surface area contributed by atoms with Crippen LogP contribution in [0.1, 0.15) is 48.6 Å². The van der Waals surface area contributed by atoms with Crippen molar-refractivity contribution in [2.24, 2.45) is 0 Å². The number of nitrogens with zero attached hydrogens (tertiary/aromatic N) is 3. The Kier molecular flexibility index (Phi) is 5.18. The molecule has 0 radical (unpaired) electrons. The van der Waals surface area contributed by atoms with Gasteiger partial charge in [-0.2, -0.15) is 0 Å². The molecule has 6 rings (SSSR count). The molecule has 1 aromatic carbocycles. The summed E-state index contributed by atoms with van der Waals surface area (Å²) in [7, 11) is 2.20. The van der Waals surface area contributed by atoms with Gasteiger partial charge in [-0.1, -0.05) is 6.07 Å². The lowest BCUT2D eigenvalue weighted by Crippen LogP contribution is -2.45. The number of rotatable bonds is 5. The summed E-state index contributed by atoms with van der Waals surface area (Å²) < 4.78 is 6.40. The van der Waals surface area contributed by atoms with Crippen molar-refractivity contribution in [3.8, 4) is 17.0 Å². The molecule has 5 heteroatoms.